The lowest BCUT2D eigenvalue weighted by Gasteiger charge is -2.14. The summed E-state index contributed by atoms with van der Waals surface area (Å²) in [4.78, 5) is 13.0. The molecule has 3 aromatic rings. The second-order valence-corrected chi connectivity index (χ2v) is 9.30. The van der Waals surface area contributed by atoms with E-state index in [0.29, 0.717) is 16.8 Å². The molecule has 0 heterocycles. The number of carbonyl (C=O) groups excluding carboxylic acids is 1. The van der Waals surface area contributed by atoms with Crippen LogP contribution in [0.25, 0.3) is 0 Å². The standard InChI is InChI=1S/C24H26N2O3S/c1-16(2)21-10-5-6-11-22(21)25-24(27)19-8-7-9-20(15-19)26-30(28,29)23-14-17(3)12-13-18(23)4/h5-16,26H,1-4H3,(H,25,27). The number of hydrogen-bond donors (Lipinski definition) is 2. The van der Waals surface area contributed by atoms with E-state index in [0.717, 1.165) is 16.8 Å². The average molecular weight is 423 g/mol. The molecule has 0 bridgehead atoms. The summed E-state index contributed by atoms with van der Waals surface area (Å²) in [5.74, 6) is -0.0342. The van der Waals surface area contributed by atoms with Crippen LogP contribution >= 0.6 is 0 Å². The molecule has 6 heteroatoms. The third-order valence-corrected chi connectivity index (χ3v) is 6.36. The van der Waals surface area contributed by atoms with Gasteiger partial charge in [-0.3, -0.25) is 9.52 Å². The van der Waals surface area contributed by atoms with Gasteiger partial charge in [0.15, 0.2) is 0 Å². The average Bonchev–Trinajstić information content (AvgIpc) is 2.70. The van der Waals surface area contributed by atoms with Crippen molar-refractivity contribution in [2.45, 2.75) is 38.5 Å². The molecule has 0 saturated heterocycles. The highest BCUT2D eigenvalue weighted by Crippen LogP contribution is 2.25. The molecule has 0 radical (unpaired) electrons. The number of benzene rings is 3. The lowest BCUT2D eigenvalue weighted by molar-refractivity contribution is 0.102. The topological polar surface area (TPSA) is 75.3 Å². The Labute approximate surface area is 178 Å². The minimum Gasteiger partial charge on any atom is -0.322 e. The van der Waals surface area contributed by atoms with Crippen molar-refractivity contribution in [3.63, 3.8) is 0 Å². The molecule has 0 unspecified atom stereocenters. The van der Waals surface area contributed by atoms with Gasteiger partial charge in [0.05, 0.1) is 4.90 Å². The van der Waals surface area contributed by atoms with Crippen molar-refractivity contribution in [1.82, 2.24) is 0 Å². The molecular weight excluding hydrogens is 396 g/mol. The van der Waals surface area contributed by atoms with Crippen LogP contribution in [0.4, 0.5) is 11.4 Å². The van der Waals surface area contributed by atoms with Crippen molar-refractivity contribution < 1.29 is 13.2 Å². The van der Waals surface area contributed by atoms with Crippen molar-refractivity contribution in [3.8, 4) is 0 Å². The largest absolute Gasteiger partial charge is 0.322 e. The van der Waals surface area contributed by atoms with Crippen LogP contribution in [0.2, 0.25) is 0 Å². The van der Waals surface area contributed by atoms with E-state index in [2.05, 4.69) is 23.9 Å². The van der Waals surface area contributed by atoms with Crippen LogP contribution in [-0.2, 0) is 10.0 Å². The van der Waals surface area contributed by atoms with Crippen molar-refractivity contribution >= 4 is 27.3 Å². The summed E-state index contributed by atoms with van der Waals surface area (Å²) in [6.07, 6.45) is 0. The number of sulfonamides is 1. The molecule has 0 saturated carbocycles. The molecule has 0 aliphatic heterocycles. The summed E-state index contributed by atoms with van der Waals surface area (Å²) in [6, 6.07) is 19.4. The van der Waals surface area contributed by atoms with E-state index in [9.17, 15) is 13.2 Å². The number of amides is 1. The van der Waals surface area contributed by atoms with E-state index >= 15 is 0 Å². The van der Waals surface area contributed by atoms with Crippen LogP contribution in [0.3, 0.4) is 0 Å². The summed E-state index contributed by atoms with van der Waals surface area (Å²) >= 11 is 0. The highest BCUT2D eigenvalue weighted by atomic mass is 32.2. The Morgan fingerprint density at radius 2 is 1.63 bits per heavy atom. The fourth-order valence-electron chi connectivity index (χ4n) is 3.24. The van der Waals surface area contributed by atoms with Crippen LogP contribution in [0.15, 0.2) is 71.6 Å². The number of hydrogen-bond acceptors (Lipinski definition) is 3. The first kappa shape index (κ1) is 21.6. The zero-order chi connectivity index (χ0) is 21.9. The molecule has 2 N–H and O–H groups in total. The summed E-state index contributed by atoms with van der Waals surface area (Å²) < 4.78 is 28.3. The Morgan fingerprint density at radius 3 is 2.37 bits per heavy atom. The summed E-state index contributed by atoms with van der Waals surface area (Å²) in [5, 5.41) is 2.93. The molecule has 3 rings (SSSR count). The van der Waals surface area contributed by atoms with Crippen LogP contribution in [0.1, 0.15) is 46.8 Å². The first-order chi connectivity index (χ1) is 14.2. The van der Waals surface area contributed by atoms with E-state index in [-0.39, 0.29) is 16.7 Å². The van der Waals surface area contributed by atoms with Gasteiger partial charge < -0.3 is 5.32 Å². The Kier molecular flexibility index (Phi) is 6.27. The maximum absolute atomic E-state index is 12.9. The van der Waals surface area contributed by atoms with Gasteiger partial charge in [-0.1, -0.05) is 50.2 Å². The minimum atomic E-state index is -3.77. The first-order valence-electron chi connectivity index (χ1n) is 9.78. The highest BCUT2D eigenvalue weighted by molar-refractivity contribution is 7.92. The molecule has 0 fully saturated rings. The molecular formula is C24H26N2O3S. The molecule has 3 aromatic carbocycles. The Bertz CT molecular complexity index is 1180. The zero-order valence-corrected chi connectivity index (χ0v) is 18.4. The van der Waals surface area contributed by atoms with Crippen molar-refractivity contribution in [2.75, 3.05) is 10.0 Å². The van der Waals surface area contributed by atoms with E-state index in [1.807, 2.05) is 37.3 Å². The second kappa shape index (κ2) is 8.71. The first-order valence-corrected chi connectivity index (χ1v) is 11.3. The number of carbonyl (C=O) groups is 1. The van der Waals surface area contributed by atoms with Crippen molar-refractivity contribution in [1.29, 1.82) is 0 Å². The summed E-state index contributed by atoms with van der Waals surface area (Å²) in [5.41, 5.74) is 4.01. The lowest BCUT2D eigenvalue weighted by atomic mass is 10.0. The Hall–Kier alpha value is -3.12. The predicted octanol–water partition coefficient (Wildman–Crippen LogP) is 5.48. The van der Waals surface area contributed by atoms with Gasteiger partial charge in [0, 0.05) is 16.9 Å². The van der Waals surface area contributed by atoms with Gasteiger partial charge in [-0.05, 0) is 66.8 Å². The Morgan fingerprint density at radius 1 is 0.900 bits per heavy atom. The number of anilines is 2. The number of para-hydroxylation sites is 1. The summed E-state index contributed by atoms with van der Waals surface area (Å²) in [7, 11) is -3.77. The van der Waals surface area contributed by atoms with Crippen molar-refractivity contribution in [2.24, 2.45) is 0 Å². The van der Waals surface area contributed by atoms with E-state index in [1.54, 1.807) is 37.3 Å². The molecule has 0 atom stereocenters. The quantitative estimate of drug-likeness (QED) is 0.552. The predicted molar refractivity (Wildman–Crippen MR) is 122 cm³/mol. The number of nitrogens with one attached hydrogen (secondary N) is 2. The maximum atomic E-state index is 12.9. The van der Waals surface area contributed by atoms with Gasteiger partial charge in [0.2, 0.25) is 0 Å². The van der Waals surface area contributed by atoms with E-state index in [1.165, 1.54) is 6.07 Å². The molecule has 156 valence electrons. The number of aryl methyl sites for hydroxylation is 2. The van der Waals surface area contributed by atoms with E-state index < -0.39 is 10.0 Å². The fourth-order valence-corrected chi connectivity index (χ4v) is 4.62. The van der Waals surface area contributed by atoms with Crippen molar-refractivity contribution in [3.05, 3.63) is 89.0 Å². The SMILES string of the molecule is Cc1ccc(C)c(S(=O)(=O)Nc2cccc(C(=O)Nc3ccccc3C(C)C)c2)c1. The lowest BCUT2D eigenvalue weighted by Crippen LogP contribution is -2.16. The zero-order valence-electron chi connectivity index (χ0n) is 17.6. The van der Waals surface area contributed by atoms with Crippen LogP contribution in [0.5, 0.6) is 0 Å². The minimum absolute atomic E-state index is 0.225. The molecule has 30 heavy (non-hydrogen) atoms. The molecule has 0 aliphatic rings. The van der Waals surface area contributed by atoms with Gasteiger partial charge in [0.1, 0.15) is 0 Å². The Balaban J connectivity index is 1.84. The highest BCUT2D eigenvalue weighted by Gasteiger charge is 2.18. The maximum Gasteiger partial charge on any atom is 0.262 e. The monoisotopic (exact) mass is 422 g/mol. The van der Waals surface area contributed by atoms with Gasteiger partial charge in [-0.2, -0.15) is 0 Å². The van der Waals surface area contributed by atoms with Gasteiger partial charge in [-0.15, -0.1) is 0 Å². The van der Waals surface area contributed by atoms with Crippen LogP contribution < -0.4 is 10.0 Å². The second-order valence-electron chi connectivity index (χ2n) is 7.65. The number of rotatable bonds is 6. The van der Waals surface area contributed by atoms with Gasteiger partial charge in [-0.25, -0.2) is 8.42 Å². The molecule has 0 aromatic heterocycles. The molecule has 5 nitrogen and oxygen atoms in total. The third-order valence-electron chi connectivity index (χ3n) is 4.84. The fraction of sp³-hybridized carbons (Fsp3) is 0.208. The smallest absolute Gasteiger partial charge is 0.262 e. The van der Waals surface area contributed by atoms with Crippen LogP contribution in [0, 0.1) is 13.8 Å². The third kappa shape index (κ3) is 4.89. The normalized spacial score (nSPS) is 11.4. The molecule has 1 amide bonds. The van der Waals surface area contributed by atoms with Gasteiger partial charge in [0.25, 0.3) is 15.9 Å². The van der Waals surface area contributed by atoms with E-state index in [4.69, 9.17) is 0 Å². The van der Waals surface area contributed by atoms with Gasteiger partial charge >= 0.3 is 0 Å². The molecule has 0 spiro atoms. The summed E-state index contributed by atoms with van der Waals surface area (Å²) in [6.45, 7) is 7.73. The van der Waals surface area contributed by atoms with Crippen LogP contribution in [-0.4, -0.2) is 14.3 Å². The molecule has 0 aliphatic carbocycles.